The predicted molar refractivity (Wildman–Crippen MR) is 35.8 cm³/mol. The largest absolute Gasteiger partial charge is 0.322 e. The van der Waals surface area contributed by atoms with Crippen molar-refractivity contribution in [3.8, 4) is 0 Å². The Labute approximate surface area is 71.5 Å². The molecule has 0 saturated carbocycles. The minimum atomic E-state index is -2.80. The van der Waals surface area contributed by atoms with Gasteiger partial charge in [-0.3, -0.25) is 0 Å². The molecule has 1 heterocycles. The molecule has 0 aromatic heterocycles. The number of ether oxygens (including phenoxy) is 1. The van der Waals surface area contributed by atoms with Crippen molar-refractivity contribution in [3.05, 3.63) is 11.7 Å². The summed E-state index contributed by atoms with van der Waals surface area (Å²) >= 11 is 4.75. The number of halogens is 5. The van der Waals surface area contributed by atoms with Crippen molar-refractivity contribution in [3.63, 3.8) is 0 Å². The molecule has 0 aliphatic carbocycles. The van der Waals surface area contributed by atoms with Gasteiger partial charge in [0.05, 0.1) is 0 Å². The maximum Gasteiger partial charge on any atom is 0.322 e. The first-order chi connectivity index (χ1) is 4.45. The lowest BCUT2D eigenvalue weighted by Crippen LogP contribution is -2.14. The van der Waals surface area contributed by atoms with E-state index in [0.717, 1.165) is 0 Å². The Kier molecular flexibility index (Phi) is 2.13. The summed E-state index contributed by atoms with van der Waals surface area (Å²) in [6.45, 7) is 0. The lowest BCUT2D eigenvalue weighted by atomic mass is 10.5. The fourth-order valence-corrected chi connectivity index (χ4v) is 1.56. The van der Waals surface area contributed by atoms with Gasteiger partial charge in [-0.25, -0.2) is 8.78 Å². The van der Waals surface area contributed by atoms with Crippen molar-refractivity contribution in [1.82, 2.24) is 0 Å². The van der Waals surface area contributed by atoms with Crippen LogP contribution in [0.4, 0.5) is 13.2 Å². The van der Waals surface area contributed by atoms with Crippen molar-refractivity contribution in [2.75, 3.05) is 0 Å². The van der Waals surface area contributed by atoms with Crippen LogP contribution >= 0.6 is 31.9 Å². The fraction of sp³-hybridized carbons (Fsp3) is 0.500. The van der Waals surface area contributed by atoms with Gasteiger partial charge >= 0.3 is 4.76 Å². The van der Waals surface area contributed by atoms with Gasteiger partial charge < -0.3 is 4.74 Å². The van der Waals surface area contributed by atoms with E-state index >= 15 is 0 Å². The van der Waals surface area contributed by atoms with E-state index in [1.54, 1.807) is 0 Å². The summed E-state index contributed by atoms with van der Waals surface area (Å²) in [5, 5.41) is -1.34. The van der Waals surface area contributed by atoms with Crippen LogP contribution in [0.5, 0.6) is 0 Å². The SMILES string of the molecule is FC1=C(F)[C@@](F)(Br)O[C@@H]1Br. The Morgan fingerprint density at radius 2 is 2.00 bits per heavy atom. The summed E-state index contributed by atoms with van der Waals surface area (Å²) in [4.78, 5) is 0. The van der Waals surface area contributed by atoms with Gasteiger partial charge in [0.25, 0.3) is 0 Å². The highest BCUT2D eigenvalue weighted by Crippen LogP contribution is 2.44. The van der Waals surface area contributed by atoms with Gasteiger partial charge in [0.2, 0.25) is 5.83 Å². The maximum absolute atomic E-state index is 12.5. The quantitative estimate of drug-likeness (QED) is 0.621. The third kappa shape index (κ3) is 1.24. The molecule has 0 fully saturated rings. The molecule has 0 spiro atoms. The first-order valence-corrected chi connectivity index (χ1v) is 3.91. The molecule has 58 valence electrons. The highest BCUT2D eigenvalue weighted by molar-refractivity contribution is 9.10. The lowest BCUT2D eigenvalue weighted by molar-refractivity contribution is -0.0273. The van der Waals surface area contributed by atoms with E-state index in [1.807, 2.05) is 0 Å². The average molecular weight is 282 g/mol. The van der Waals surface area contributed by atoms with Crippen molar-refractivity contribution in [1.29, 1.82) is 0 Å². The highest BCUT2D eigenvalue weighted by Gasteiger charge is 2.47. The fourth-order valence-electron chi connectivity index (χ4n) is 0.472. The molecule has 0 radical (unpaired) electrons. The molecule has 0 aromatic rings. The van der Waals surface area contributed by atoms with Crippen LogP contribution in [0.2, 0.25) is 0 Å². The van der Waals surface area contributed by atoms with Gasteiger partial charge in [-0.15, -0.1) is 0 Å². The van der Waals surface area contributed by atoms with E-state index in [4.69, 9.17) is 0 Å². The molecular formula is C4HBr2F3O. The molecule has 1 aliphatic rings. The summed E-state index contributed by atoms with van der Waals surface area (Å²) in [5.41, 5.74) is 0. The summed E-state index contributed by atoms with van der Waals surface area (Å²) in [6.07, 6.45) is 0. The zero-order chi connectivity index (χ0) is 7.94. The summed E-state index contributed by atoms with van der Waals surface area (Å²) < 4.78 is 38.4. The van der Waals surface area contributed by atoms with Gasteiger partial charge in [0.15, 0.2) is 10.8 Å². The zero-order valence-corrected chi connectivity index (χ0v) is 7.55. The Balaban J connectivity index is 2.95. The minimum Gasteiger partial charge on any atom is -0.309 e. The Bertz CT molecular complexity index is 191. The van der Waals surface area contributed by atoms with Gasteiger partial charge in [-0.2, -0.15) is 4.39 Å². The first-order valence-electron chi connectivity index (χ1n) is 2.20. The van der Waals surface area contributed by atoms with Crippen LogP contribution in [0, 0.1) is 0 Å². The molecule has 1 nitrogen and oxygen atoms in total. The van der Waals surface area contributed by atoms with Crippen LogP contribution in [-0.4, -0.2) is 9.78 Å². The standard InChI is InChI=1S/C4HBr2F3O/c5-3-1(7)2(8)4(6,9)10-3/h3H/t3-,4-/m0/s1. The van der Waals surface area contributed by atoms with Crippen LogP contribution in [0.25, 0.3) is 0 Å². The molecule has 2 atom stereocenters. The smallest absolute Gasteiger partial charge is 0.309 e. The molecule has 0 aromatic carbocycles. The molecule has 0 N–H and O–H groups in total. The maximum atomic E-state index is 12.5. The number of rotatable bonds is 0. The minimum absolute atomic E-state index is 1.28. The zero-order valence-electron chi connectivity index (χ0n) is 4.38. The first kappa shape index (κ1) is 8.55. The average Bonchev–Trinajstić information content (AvgIpc) is 1.95. The van der Waals surface area contributed by atoms with Crippen molar-refractivity contribution in [2.24, 2.45) is 0 Å². The monoisotopic (exact) mass is 280 g/mol. The lowest BCUT2D eigenvalue weighted by Gasteiger charge is -2.08. The second kappa shape index (κ2) is 2.49. The van der Waals surface area contributed by atoms with Crippen molar-refractivity contribution >= 4 is 31.9 Å². The molecule has 1 aliphatic heterocycles. The van der Waals surface area contributed by atoms with E-state index in [2.05, 4.69) is 36.6 Å². The van der Waals surface area contributed by atoms with Crippen LogP contribution in [0.1, 0.15) is 0 Å². The Morgan fingerprint density at radius 3 is 2.10 bits per heavy atom. The number of hydrogen-bond acceptors (Lipinski definition) is 1. The Morgan fingerprint density at radius 1 is 1.50 bits per heavy atom. The third-order valence-electron chi connectivity index (χ3n) is 0.916. The van der Waals surface area contributed by atoms with Crippen molar-refractivity contribution < 1.29 is 17.9 Å². The molecule has 10 heavy (non-hydrogen) atoms. The van der Waals surface area contributed by atoms with Gasteiger partial charge in [-0.1, -0.05) is 0 Å². The summed E-state index contributed by atoms with van der Waals surface area (Å²) in [5.74, 6) is -2.85. The molecule has 0 unspecified atom stereocenters. The van der Waals surface area contributed by atoms with Gasteiger partial charge in [0.1, 0.15) is 0 Å². The molecule has 0 bridgehead atoms. The predicted octanol–water partition coefficient (Wildman–Crippen LogP) is 2.91. The molecular weight excluding hydrogens is 281 g/mol. The van der Waals surface area contributed by atoms with E-state index in [0.29, 0.717) is 0 Å². The summed E-state index contributed by atoms with van der Waals surface area (Å²) in [6, 6.07) is 0. The number of alkyl halides is 3. The molecule has 0 amide bonds. The highest BCUT2D eigenvalue weighted by atomic mass is 79.9. The topological polar surface area (TPSA) is 9.23 Å². The van der Waals surface area contributed by atoms with Crippen molar-refractivity contribution in [2.45, 2.75) is 9.78 Å². The third-order valence-corrected chi connectivity index (χ3v) is 2.04. The second-order valence-electron chi connectivity index (χ2n) is 1.61. The molecule has 6 heteroatoms. The second-order valence-corrected chi connectivity index (χ2v) is 3.46. The Hall–Kier alpha value is 0.450. The van der Waals surface area contributed by atoms with Crippen LogP contribution < -0.4 is 0 Å². The van der Waals surface area contributed by atoms with E-state index in [-0.39, 0.29) is 0 Å². The van der Waals surface area contributed by atoms with E-state index in [9.17, 15) is 13.2 Å². The van der Waals surface area contributed by atoms with Crippen LogP contribution in [0.15, 0.2) is 11.7 Å². The number of hydrogen-bond donors (Lipinski definition) is 0. The van der Waals surface area contributed by atoms with Gasteiger partial charge in [-0.05, 0) is 31.9 Å². The van der Waals surface area contributed by atoms with Gasteiger partial charge in [0, 0.05) is 0 Å². The molecule has 1 rings (SSSR count). The van der Waals surface area contributed by atoms with E-state index in [1.165, 1.54) is 0 Å². The molecule has 0 saturated heterocycles. The normalized spacial score (nSPS) is 41.1. The summed E-state index contributed by atoms with van der Waals surface area (Å²) in [7, 11) is 0. The van der Waals surface area contributed by atoms with E-state index < -0.39 is 21.4 Å². The van der Waals surface area contributed by atoms with Crippen LogP contribution in [0.3, 0.4) is 0 Å². The van der Waals surface area contributed by atoms with Crippen LogP contribution in [-0.2, 0) is 4.74 Å².